The van der Waals surface area contributed by atoms with Gasteiger partial charge in [-0.1, -0.05) is 6.07 Å². The third-order valence-corrected chi connectivity index (χ3v) is 4.40. The maximum absolute atomic E-state index is 12.2. The molecule has 0 aliphatic carbocycles. The molecule has 0 aromatic carbocycles. The number of aliphatic carboxylic acids is 1. The van der Waals surface area contributed by atoms with E-state index in [1.54, 1.807) is 11.3 Å². The van der Waals surface area contributed by atoms with E-state index in [2.05, 4.69) is 6.07 Å². The van der Waals surface area contributed by atoms with Gasteiger partial charge in [0, 0.05) is 37.5 Å². The minimum Gasteiger partial charge on any atom is -0.480 e. The second-order valence-corrected chi connectivity index (χ2v) is 6.02. The van der Waals surface area contributed by atoms with Crippen LogP contribution in [-0.2, 0) is 16.0 Å². The molecule has 5 nitrogen and oxygen atoms in total. The predicted octanol–water partition coefficient (Wildman–Crippen LogP) is 1.30. The molecule has 1 fully saturated rings. The second kappa shape index (κ2) is 7.40. The van der Waals surface area contributed by atoms with E-state index in [0.29, 0.717) is 19.5 Å². The first-order chi connectivity index (χ1) is 9.65. The normalized spacial score (nSPS) is 16.9. The van der Waals surface area contributed by atoms with Crippen LogP contribution in [0.4, 0.5) is 0 Å². The van der Waals surface area contributed by atoms with Crippen molar-refractivity contribution < 1.29 is 14.7 Å². The molecular weight excluding hydrogens is 276 g/mol. The molecule has 1 N–H and O–H groups in total. The summed E-state index contributed by atoms with van der Waals surface area (Å²) in [6, 6.07) is 4.05. The Bertz CT molecular complexity index is 447. The number of nitrogens with zero attached hydrogens (tertiary/aromatic N) is 2. The van der Waals surface area contributed by atoms with Crippen LogP contribution in [0.5, 0.6) is 0 Å². The van der Waals surface area contributed by atoms with Gasteiger partial charge in [0.1, 0.15) is 0 Å². The number of hydrogen-bond acceptors (Lipinski definition) is 4. The number of amides is 1. The Labute approximate surface area is 122 Å². The number of aryl methyl sites for hydroxylation is 1. The summed E-state index contributed by atoms with van der Waals surface area (Å²) in [7, 11) is 0. The van der Waals surface area contributed by atoms with E-state index in [9.17, 15) is 9.59 Å². The summed E-state index contributed by atoms with van der Waals surface area (Å²) in [5, 5.41) is 10.8. The molecule has 0 radical (unpaired) electrons. The van der Waals surface area contributed by atoms with Gasteiger partial charge in [-0.25, -0.2) is 0 Å². The first-order valence-electron chi connectivity index (χ1n) is 6.89. The summed E-state index contributed by atoms with van der Waals surface area (Å²) >= 11 is 1.68. The summed E-state index contributed by atoms with van der Waals surface area (Å²) in [4.78, 5) is 27.9. The van der Waals surface area contributed by atoms with Crippen LogP contribution in [-0.4, -0.2) is 59.5 Å². The molecule has 1 aromatic rings. The van der Waals surface area contributed by atoms with Crippen molar-refractivity contribution in [2.24, 2.45) is 0 Å². The summed E-state index contributed by atoms with van der Waals surface area (Å²) in [6.07, 6.45) is 2.18. The van der Waals surface area contributed by atoms with Gasteiger partial charge in [0.2, 0.25) is 5.91 Å². The lowest BCUT2D eigenvalue weighted by Crippen LogP contribution is -2.36. The van der Waals surface area contributed by atoms with Crippen molar-refractivity contribution in [3.8, 4) is 0 Å². The van der Waals surface area contributed by atoms with E-state index in [0.717, 1.165) is 25.9 Å². The molecule has 0 bridgehead atoms. The predicted molar refractivity (Wildman–Crippen MR) is 77.9 cm³/mol. The molecule has 20 heavy (non-hydrogen) atoms. The highest BCUT2D eigenvalue weighted by Crippen LogP contribution is 2.12. The van der Waals surface area contributed by atoms with E-state index >= 15 is 0 Å². The van der Waals surface area contributed by atoms with Crippen molar-refractivity contribution in [2.45, 2.75) is 19.3 Å². The van der Waals surface area contributed by atoms with Gasteiger partial charge < -0.3 is 10.0 Å². The van der Waals surface area contributed by atoms with Crippen molar-refractivity contribution in [1.29, 1.82) is 0 Å². The van der Waals surface area contributed by atoms with E-state index < -0.39 is 5.97 Å². The topological polar surface area (TPSA) is 60.9 Å². The molecule has 1 aromatic heterocycles. The monoisotopic (exact) mass is 296 g/mol. The summed E-state index contributed by atoms with van der Waals surface area (Å²) < 4.78 is 0. The van der Waals surface area contributed by atoms with Crippen LogP contribution in [0, 0.1) is 0 Å². The Morgan fingerprint density at radius 1 is 1.25 bits per heavy atom. The van der Waals surface area contributed by atoms with Crippen LogP contribution in [0.15, 0.2) is 17.5 Å². The quantitative estimate of drug-likeness (QED) is 0.889. The van der Waals surface area contributed by atoms with E-state index in [1.165, 1.54) is 4.88 Å². The second-order valence-electron chi connectivity index (χ2n) is 4.98. The van der Waals surface area contributed by atoms with Gasteiger partial charge in [0.25, 0.3) is 0 Å². The van der Waals surface area contributed by atoms with Gasteiger partial charge in [0.15, 0.2) is 0 Å². The largest absolute Gasteiger partial charge is 0.480 e. The highest BCUT2D eigenvalue weighted by Gasteiger charge is 2.20. The SMILES string of the molecule is O=C(O)CN1CCCN(C(=O)CCc2cccs2)CC1. The number of rotatable bonds is 5. The Balaban J connectivity index is 1.77. The number of carboxylic acids is 1. The number of carbonyl (C=O) groups excluding carboxylic acids is 1. The molecule has 1 aliphatic rings. The average Bonchev–Trinajstić information content (AvgIpc) is 2.82. The van der Waals surface area contributed by atoms with Crippen LogP contribution in [0.1, 0.15) is 17.7 Å². The summed E-state index contributed by atoms with van der Waals surface area (Å²) in [5.74, 6) is -0.627. The van der Waals surface area contributed by atoms with Crippen LogP contribution < -0.4 is 0 Å². The van der Waals surface area contributed by atoms with Gasteiger partial charge in [-0.15, -0.1) is 11.3 Å². The van der Waals surface area contributed by atoms with Gasteiger partial charge in [-0.3, -0.25) is 14.5 Å². The Kier molecular flexibility index (Phi) is 5.55. The fraction of sp³-hybridized carbons (Fsp3) is 0.571. The molecular formula is C14H20N2O3S. The van der Waals surface area contributed by atoms with Gasteiger partial charge in [-0.2, -0.15) is 0 Å². The third kappa shape index (κ3) is 4.61. The smallest absolute Gasteiger partial charge is 0.317 e. The molecule has 2 heterocycles. The van der Waals surface area contributed by atoms with Crippen LogP contribution in [0.3, 0.4) is 0 Å². The minimum atomic E-state index is -0.803. The number of thiophene rings is 1. The van der Waals surface area contributed by atoms with E-state index in [1.807, 2.05) is 21.2 Å². The molecule has 0 spiro atoms. The fourth-order valence-corrected chi connectivity index (χ4v) is 3.12. The third-order valence-electron chi connectivity index (χ3n) is 3.47. The standard InChI is InChI=1S/C14H20N2O3S/c17-13(5-4-12-3-1-10-20-12)16-7-2-6-15(8-9-16)11-14(18)19/h1,3,10H,2,4-9,11H2,(H,18,19). The first kappa shape index (κ1) is 15.0. The van der Waals surface area contributed by atoms with Gasteiger partial charge in [0.05, 0.1) is 6.54 Å². The number of carbonyl (C=O) groups is 2. The van der Waals surface area contributed by atoms with Crippen LogP contribution in [0.2, 0.25) is 0 Å². The maximum Gasteiger partial charge on any atom is 0.317 e. The number of hydrogen-bond donors (Lipinski definition) is 1. The lowest BCUT2D eigenvalue weighted by Gasteiger charge is -2.21. The molecule has 110 valence electrons. The molecule has 0 saturated carbocycles. The molecule has 1 amide bonds. The number of carboxylic acid groups (broad SMARTS) is 1. The van der Waals surface area contributed by atoms with Crippen molar-refractivity contribution in [2.75, 3.05) is 32.7 Å². The Morgan fingerprint density at radius 2 is 2.10 bits per heavy atom. The minimum absolute atomic E-state index is 0.0667. The average molecular weight is 296 g/mol. The lowest BCUT2D eigenvalue weighted by atomic mass is 10.2. The van der Waals surface area contributed by atoms with Crippen molar-refractivity contribution in [1.82, 2.24) is 9.80 Å². The molecule has 2 rings (SSSR count). The van der Waals surface area contributed by atoms with Crippen molar-refractivity contribution in [3.05, 3.63) is 22.4 Å². The molecule has 0 atom stereocenters. The van der Waals surface area contributed by atoms with Crippen molar-refractivity contribution in [3.63, 3.8) is 0 Å². The summed E-state index contributed by atoms with van der Waals surface area (Å²) in [6.45, 7) is 2.84. The first-order valence-corrected chi connectivity index (χ1v) is 7.77. The maximum atomic E-state index is 12.2. The highest BCUT2D eigenvalue weighted by atomic mass is 32.1. The zero-order valence-electron chi connectivity index (χ0n) is 11.5. The van der Waals surface area contributed by atoms with Crippen molar-refractivity contribution >= 4 is 23.2 Å². The highest BCUT2D eigenvalue weighted by molar-refractivity contribution is 7.09. The summed E-state index contributed by atoms with van der Waals surface area (Å²) in [5.41, 5.74) is 0. The van der Waals surface area contributed by atoms with Crippen LogP contribution >= 0.6 is 11.3 Å². The molecule has 1 saturated heterocycles. The van der Waals surface area contributed by atoms with Crippen LogP contribution in [0.25, 0.3) is 0 Å². The Hall–Kier alpha value is -1.40. The van der Waals surface area contributed by atoms with E-state index in [4.69, 9.17) is 5.11 Å². The molecule has 6 heteroatoms. The van der Waals surface area contributed by atoms with Gasteiger partial charge in [-0.05, 0) is 24.3 Å². The molecule has 1 aliphatic heterocycles. The van der Waals surface area contributed by atoms with Gasteiger partial charge >= 0.3 is 5.97 Å². The zero-order valence-corrected chi connectivity index (χ0v) is 12.3. The lowest BCUT2D eigenvalue weighted by molar-refractivity contribution is -0.138. The zero-order chi connectivity index (χ0) is 14.4. The fourth-order valence-electron chi connectivity index (χ4n) is 2.41. The Morgan fingerprint density at radius 3 is 2.80 bits per heavy atom. The molecule has 0 unspecified atom stereocenters. The van der Waals surface area contributed by atoms with E-state index in [-0.39, 0.29) is 12.5 Å².